The summed E-state index contributed by atoms with van der Waals surface area (Å²) in [5, 5.41) is 6.45. The molecule has 2 aliphatic heterocycles. The first-order valence-electron chi connectivity index (χ1n) is 9.76. The summed E-state index contributed by atoms with van der Waals surface area (Å²) in [5.74, 6) is -3.60. The van der Waals surface area contributed by atoms with E-state index < -0.39 is 22.9 Å². The number of thiocarbonyl (C=S) groups is 1. The van der Waals surface area contributed by atoms with Crippen LogP contribution >= 0.6 is 23.8 Å². The molecule has 2 aromatic carbocycles. The lowest BCUT2D eigenvalue weighted by Crippen LogP contribution is -2.62. The van der Waals surface area contributed by atoms with Crippen molar-refractivity contribution in [1.29, 1.82) is 0 Å². The van der Waals surface area contributed by atoms with Gasteiger partial charge in [0.05, 0.1) is 12.6 Å². The zero-order valence-electron chi connectivity index (χ0n) is 17.2. The average molecular weight is 471 g/mol. The van der Waals surface area contributed by atoms with Gasteiger partial charge >= 0.3 is 5.92 Å². The fraction of sp³-hybridized carbons (Fsp3) is 0.409. The van der Waals surface area contributed by atoms with Crippen molar-refractivity contribution in [2.45, 2.75) is 43.9 Å². The molecule has 2 aliphatic rings. The lowest BCUT2D eigenvalue weighted by molar-refractivity contribution is -0.216. The van der Waals surface area contributed by atoms with Crippen LogP contribution in [0.1, 0.15) is 37.9 Å². The minimum atomic E-state index is -3.49. The number of anilines is 1. The molecule has 2 N–H and O–H groups in total. The Labute approximate surface area is 189 Å². The Morgan fingerprint density at radius 3 is 2.65 bits per heavy atom. The van der Waals surface area contributed by atoms with E-state index in [9.17, 15) is 4.39 Å². The highest BCUT2D eigenvalue weighted by Crippen LogP contribution is 2.48. The van der Waals surface area contributed by atoms with Crippen molar-refractivity contribution in [3.8, 4) is 5.75 Å². The molecule has 166 valence electrons. The molecule has 0 amide bonds. The van der Waals surface area contributed by atoms with E-state index in [-0.39, 0.29) is 23.2 Å². The van der Waals surface area contributed by atoms with Gasteiger partial charge in [0.2, 0.25) is 0 Å². The number of alkyl halides is 2. The monoisotopic (exact) mass is 470 g/mol. The number of ether oxygens (including phenoxy) is 2. The van der Waals surface area contributed by atoms with Gasteiger partial charge in [-0.15, -0.1) is 0 Å². The van der Waals surface area contributed by atoms with Crippen LogP contribution < -0.4 is 15.4 Å². The van der Waals surface area contributed by atoms with Crippen molar-refractivity contribution in [2.24, 2.45) is 0 Å². The molecular weight excluding hydrogens is 449 g/mol. The second-order valence-corrected chi connectivity index (χ2v) is 9.36. The number of fused-ring (bicyclic) bond motifs is 1. The lowest BCUT2D eigenvalue weighted by atomic mass is 9.77. The number of rotatable bonds is 3. The first-order chi connectivity index (χ1) is 14.4. The second-order valence-electron chi connectivity index (χ2n) is 8.43. The maximum absolute atomic E-state index is 15.6. The smallest absolute Gasteiger partial charge is 0.302 e. The maximum atomic E-state index is 15.6. The highest BCUT2D eigenvalue weighted by Gasteiger charge is 2.64. The molecule has 2 aromatic rings. The summed E-state index contributed by atoms with van der Waals surface area (Å²) in [6.45, 7) is 3.95. The molecule has 4 nitrogen and oxygen atoms in total. The molecule has 0 bridgehead atoms. The Morgan fingerprint density at radius 2 is 1.90 bits per heavy atom. The Balaban J connectivity index is 1.72. The summed E-state index contributed by atoms with van der Waals surface area (Å²) in [5.41, 5.74) is -2.85. The van der Waals surface area contributed by atoms with Crippen LogP contribution in [0, 0.1) is 5.82 Å². The SMILES string of the molecule is CC1(C)OCC(=S)N[C@](C)(c2cc(N[C@H]3COc4cc(Cl)ccc43)ccc2F)C1(F)F. The molecule has 0 radical (unpaired) electrons. The van der Waals surface area contributed by atoms with Crippen LogP contribution in [-0.4, -0.2) is 29.7 Å². The fourth-order valence-electron chi connectivity index (χ4n) is 4.07. The van der Waals surface area contributed by atoms with E-state index in [4.69, 9.17) is 33.3 Å². The molecule has 4 rings (SSSR count). The molecule has 0 saturated carbocycles. The predicted octanol–water partition coefficient (Wildman–Crippen LogP) is 5.60. The fourth-order valence-corrected chi connectivity index (χ4v) is 4.50. The van der Waals surface area contributed by atoms with Crippen LogP contribution in [0.4, 0.5) is 18.9 Å². The van der Waals surface area contributed by atoms with Crippen molar-refractivity contribution in [1.82, 2.24) is 5.32 Å². The molecule has 0 unspecified atom stereocenters. The van der Waals surface area contributed by atoms with Crippen molar-refractivity contribution in [2.75, 3.05) is 18.5 Å². The molecule has 0 spiro atoms. The average Bonchev–Trinajstić information content (AvgIpc) is 3.06. The molecule has 2 heterocycles. The van der Waals surface area contributed by atoms with Gasteiger partial charge in [0.15, 0.2) is 0 Å². The van der Waals surface area contributed by atoms with Gasteiger partial charge in [-0.1, -0.05) is 29.9 Å². The molecule has 1 saturated heterocycles. The zero-order valence-corrected chi connectivity index (χ0v) is 18.8. The summed E-state index contributed by atoms with van der Waals surface area (Å²) in [4.78, 5) is 0.0838. The first-order valence-corrected chi connectivity index (χ1v) is 10.5. The third-order valence-electron chi connectivity index (χ3n) is 5.94. The number of hydrogen-bond acceptors (Lipinski definition) is 4. The normalized spacial score (nSPS) is 26.4. The van der Waals surface area contributed by atoms with E-state index in [1.165, 1.54) is 39.0 Å². The minimum Gasteiger partial charge on any atom is -0.491 e. The first kappa shape index (κ1) is 22.2. The number of benzene rings is 2. The number of nitrogens with one attached hydrogen (secondary N) is 2. The van der Waals surface area contributed by atoms with E-state index >= 15 is 8.78 Å². The Hall–Kier alpha value is -2.03. The van der Waals surface area contributed by atoms with E-state index in [2.05, 4.69) is 10.6 Å². The van der Waals surface area contributed by atoms with E-state index in [1.54, 1.807) is 12.1 Å². The van der Waals surface area contributed by atoms with Crippen LogP contribution in [0.2, 0.25) is 5.02 Å². The summed E-state index contributed by atoms with van der Waals surface area (Å²) >= 11 is 11.2. The predicted molar refractivity (Wildman–Crippen MR) is 118 cm³/mol. The van der Waals surface area contributed by atoms with E-state index in [0.29, 0.717) is 23.1 Å². The summed E-state index contributed by atoms with van der Waals surface area (Å²) in [7, 11) is 0. The quantitative estimate of drug-likeness (QED) is 0.571. The minimum absolute atomic E-state index is 0.0838. The van der Waals surface area contributed by atoms with Gasteiger partial charge in [-0.25, -0.2) is 13.2 Å². The van der Waals surface area contributed by atoms with Gasteiger partial charge in [0, 0.05) is 21.8 Å². The highest BCUT2D eigenvalue weighted by atomic mass is 35.5. The molecule has 0 aliphatic carbocycles. The van der Waals surface area contributed by atoms with Gasteiger partial charge in [-0.05, 0) is 51.1 Å². The third-order valence-corrected chi connectivity index (χ3v) is 6.40. The van der Waals surface area contributed by atoms with Crippen LogP contribution in [-0.2, 0) is 10.3 Å². The van der Waals surface area contributed by atoms with Gasteiger partial charge in [0.25, 0.3) is 0 Å². The standard InChI is InChI=1S/C22H22ClF3N2O2S/c1-20(2)22(25,26)21(3,28-19(31)11-30-20)15-9-13(5-7-16(15)24)27-17-10-29-18-8-12(23)4-6-14(17)18/h4-9,17,27H,10-11H2,1-3H3,(H,28,31)/t17-,21+/m0/s1. The lowest BCUT2D eigenvalue weighted by Gasteiger charge is -2.44. The van der Waals surface area contributed by atoms with Gasteiger partial charge < -0.3 is 20.1 Å². The van der Waals surface area contributed by atoms with Gasteiger partial charge in [-0.2, -0.15) is 0 Å². The molecule has 0 aromatic heterocycles. The van der Waals surface area contributed by atoms with Crippen LogP contribution in [0.5, 0.6) is 5.75 Å². The molecule has 2 atom stereocenters. The summed E-state index contributed by atoms with van der Waals surface area (Å²) in [6, 6.07) is 9.13. The maximum Gasteiger partial charge on any atom is 0.302 e. The summed E-state index contributed by atoms with van der Waals surface area (Å²) < 4.78 is 57.2. The van der Waals surface area contributed by atoms with Gasteiger partial charge in [-0.3, -0.25) is 0 Å². The Bertz CT molecular complexity index is 1050. The van der Waals surface area contributed by atoms with Crippen molar-refractivity contribution < 1.29 is 22.6 Å². The largest absolute Gasteiger partial charge is 0.491 e. The molecule has 9 heteroatoms. The van der Waals surface area contributed by atoms with Crippen LogP contribution in [0.15, 0.2) is 36.4 Å². The van der Waals surface area contributed by atoms with E-state index in [1.807, 2.05) is 6.07 Å². The highest BCUT2D eigenvalue weighted by molar-refractivity contribution is 7.80. The van der Waals surface area contributed by atoms with Crippen molar-refractivity contribution >= 4 is 34.5 Å². The molecule has 1 fully saturated rings. The molecular formula is C22H22ClF3N2O2S. The molecule has 31 heavy (non-hydrogen) atoms. The van der Waals surface area contributed by atoms with Crippen LogP contribution in [0.25, 0.3) is 0 Å². The Morgan fingerprint density at radius 1 is 1.16 bits per heavy atom. The third kappa shape index (κ3) is 3.64. The van der Waals surface area contributed by atoms with Crippen molar-refractivity contribution in [3.05, 3.63) is 58.4 Å². The number of hydrogen-bond donors (Lipinski definition) is 2. The zero-order chi connectivity index (χ0) is 22.6. The van der Waals surface area contributed by atoms with Gasteiger partial charge in [0.1, 0.15) is 34.3 Å². The van der Waals surface area contributed by atoms with E-state index in [0.717, 1.165) is 5.56 Å². The van der Waals surface area contributed by atoms with Crippen LogP contribution in [0.3, 0.4) is 0 Å². The Kier molecular flexibility index (Phi) is 5.39. The second kappa shape index (κ2) is 7.53. The number of halogens is 4. The summed E-state index contributed by atoms with van der Waals surface area (Å²) in [6.07, 6.45) is 0. The van der Waals surface area contributed by atoms with Crippen molar-refractivity contribution in [3.63, 3.8) is 0 Å². The topological polar surface area (TPSA) is 42.5 Å².